The van der Waals surface area contributed by atoms with E-state index in [4.69, 9.17) is 11.6 Å². The van der Waals surface area contributed by atoms with Crippen molar-refractivity contribution in [1.82, 2.24) is 4.98 Å². The SMILES string of the molecule is C=C(Cl)CNc1ccc(C(C)(C)C)cn1. The molecule has 1 aromatic heterocycles. The molecule has 82 valence electrons. The maximum Gasteiger partial charge on any atom is 0.126 e. The summed E-state index contributed by atoms with van der Waals surface area (Å²) < 4.78 is 0. The van der Waals surface area contributed by atoms with Crippen molar-refractivity contribution in [1.29, 1.82) is 0 Å². The number of nitrogens with one attached hydrogen (secondary N) is 1. The van der Waals surface area contributed by atoms with Gasteiger partial charge in [-0.2, -0.15) is 0 Å². The molecule has 0 radical (unpaired) electrons. The van der Waals surface area contributed by atoms with Gasteiger partial charge in [-0.25, -0.2) is 4.98 Å². The summed E-state index contributed by atoms with van der Waals surface area (Å²) in [4.78, 5) is 4.31. The highest BCUT2D eigenvalue weighted by atomic mass is 35.5. The Morgan fingerprint density at radius 1 is 1.47 bits per heavy atom. The molecule has 0 saturated heterocycles. The number of anilines is 1. The first kappa shape index (κ1) is 12.1. The molecule has 0 fully saturated rings. The van der Waals surface area contributed by atoms with Crippen LogP contribution in [-0.4, -0.2) is 11.5 Å². The summed E-state index contributed by atoms with van der Waals surface area (Å²) in [6, 6.07) is 4.03. The maximum absolute atomic E-state index is 5.65. The van der Waals surface area contributed by atoms with Crippen LogP contribution in [0.1, 0.15) is 26.3 Å². The Morgan fingerprint density at radius 3 is 2.53 bits per heavy atom. The molecule has 3 heteroatoms. The van der Waals surface area contributed by atoms with E-state index in [0.29, 0.717) is 11.6 Å². The van der Waals surface area contributed by atoms with Crippen molar-refractivity contribution >= 4 is 17.4 Å². The molecular weight excluding hydrogens is 208 g/mol. The van der Waals surface area contributed by atoms with Gasteiger partial charge in [0.2, 0.25) is 0 Å². The first-order valence-corrected chi connectivity index (χ1v) is 5.31. The van der Waals surface area contributed by atoms with Gasteiger partial charge in [0.1, 0.15) is 5.82 Å². The summed E-state index contributed by atoms with van der Waals surface area (Å²) >= 11 is 5.65. The number of aromatic nitrogens is 1. The summed E-state index contributed by atoms with van der Waals surface area (Å²) in [5.41, 5.74) is 1.36. The molecule has 2 nitrogen and oxygen atoms in total. The maximum atomic E-state index is 5.65. The number of hydrogen-bond donors (Lipinski definition) is 1. The predicted octanol–water partition coefficient (Wildman–Crippen LogP) is 3.54. The fourth-order valence-corrected chi connectivity index (χ4v) is 1.20. The minimum Gasteiger partial charge on any atom is -0.365 e. The van der Waals surface area contributed by atoms with E-state index in [2.05, 4.69) is 43.7 Å². The first-order chi connectivity index (χ1) is 6.89. The summed E-state index contributed by atoms with van der Waals surface area (Å²) in [7, 11) is 0. The third-order valence-corrected chi connectivity index (χ3v) is 2.22. The quantitative estimate of drug-likeness (QED) is 0.850. The molecule has 0 aliphatic carbocycles. The second-order valence-corrected chi connectivity index (χ2v) is 5.09. The number of hydrogen-bond acceptors (Lipinski definition) is 2. The zero-order valence-electron chi connectivity index (χ0n) is 9.47. The van der Waals surface area contributed by atoms with Crippen molar-refractivity contribution in [3.05, 3.63) is 35.5 Å². The van der Waals surface area contributed by atoms with E-state index in [9.17, 15) is 0 Å². The lowest BCUT2D eigenvalue weighted by Crippen LogP contribution is -2.12. The highest BCUT2D eigenvalue weighted by molar-refractivity contribution is 6.29. The number of nitrogens with zero attached hydrogens (tertiary/aromatic N) is 1. The Kier molecular flexibility index (Phi) is 3.75. The molecule has 0 aromatic carbocycles. The second kappa shape index (κ2) is 4.67. The Hall–Kier alpha value is -1.02. The topological polar surface area (TPSA) is 24.9 Å². The molecule has 0 spiro atoms. The summed E-state index contributed by atoms with van der Waals surface area (Å²) in [5, 5.41) is 3.66. The van der Waals surface area contributed by atoms with Crippen LogP contribution in [0.25, 0.3) is 0 Å². The van der Waals surface area contributed by atoms with Crippen molar-refractivity contribution in [2.24, 2.45) is 0 Å². The number of pyridine rings is 1. The van der Waals surface area contributed by atoms with Crippen LogP contribution in [0.15, 0.2) is 29.9 Å². The van der Waals surface area contributed by atoms with Crippen LogP contribution in [0.5, 0.6) is 0 Å². The molecule has 0 unspecified atom stereocenters. The Morgan fingerprint density at radius 2 is 2.13 bits per heavy atom. The van der Waals surface area contributed by atoms with Crippen LogP contribution in [0.4, 0.5) is 5.82 Å². The van der Waals surface area contributed by atoms with Gasteiger partial charge in [0.25, 0.3) is 0 Å². The molecule has 0 amide bonds. The van der Waals surface area contributed by atoms with Gasteiger partial charge in [-0.3, -0.25) is 0 Å². The van der Waals surface area contributed by atoms with Crippen LogP contribution in [0.2, 0.25) is 0 Å². The van der Waals surface area contributed by atoms with Crippen LogP contribution in [-0.2, 0) is 5.41 Å². The van der Waals surface area contributed by atoms with Gasteiger partial charge in [-0.15, -0.1) is 0 Å². The minimum absolute atomic E-state index is 0.140. The monoisotopic (exact) mass is 224 g/mol. The van der Waals surface area contributed by atoms with Crippen LogP contribution >= 0.6 is 11.6 Å². The van der Waals surface area contributed by atoms with E-state index in [1.807, 2.05) is 12.3 Å². The summed E-state index contributed by atoms with van der Waals surface area (Å²) in [6.07, 6.45) is 1.89. The van der Waals surface area contributed by atoms with Crippen molar-refractivity contribution in [3.63, 3.8) is 0 Å². The van der Waals surface area contributed by atoms with E-state index >= 15 is 0 Å². The van der Waals surface area contributed by atoms with E-state index < -0.39 is 0 Å². The van der Waals surface area contributed by atoms with Crippen molar-refractivity contribution < 1.29 is 0 Å². The second-order valence-electron chi connectivity index (χ2n) is 4.55. The molecule has 0 saturated carbocycles. The Labute approximate surface area is 96.4 Å². The van der Waals surface area contributed by atoms with Gasteiger partial charge in [0, 0.05) is 11.2 Å². The van der Waals surface area contributed by atoms with Gasteiger partial charge in [0.05, 0.1) is 6.54 Å². The zero-order valence-corrected chi connectivity index (χ0v) is 10.2. The van der Waals surface area contributed by atoms with Crippen molar-refractivity contribution in [3.8, 4) is 0 Å². The van der Waals surface area contributed by atoms with Crippen LogP contribution < -0.4 is 5.32 Å². The average molecular weight is 225 g/mol. The highest BCUT2D eigenvalue weighted by Crippen LogP contribution is 2.21. The molecule has 1 heterocycles. The molecule has 0 bridgehead atoms. The first-order valence-electron chi connectivity index (χ1n) is 4.93. The molecule has 0 aliphatic heterocycles. The molecule has 1 aromatic rings. The Bertz CT molecular complexity index is 336. The van der Waals surface area contributed by atoms with Crippen LogP contribution in [0.3, 0.4) is 0 Å². The van der Waals surface area contributed by atoms with E-state index in [1.54, 1.807) is 0 Å². The van der Waals surface area contributed by atoms with Crippen molar-refractivity contribution in [2.75, 3.05) is 11.9 Å². The van der Waals surface area contributed by atoms with Gasteiger partial charge in [-0.1, -0.05) is 45.0 Å². The van der Waals surface area contributed by atoms with Gasteiger partial charge in [0.15, 0.2) is 0 Å². The van der Waals surface area contributed by atoms with Gasteiger partial charge < -0.3 is 5.32 Å². The number of halogens is 1. The lowest BCUT2D eigenvalue weighted by atomic mass is 9.88. The van der Waals surface area contributed by atoms with Crippen molar-refractivity contribution in [2.45, 2.75) is 26.2 Å². The molecule has 0 aliphatic rings. The molecule has 1 N–H and O–H groups in total. The summed E-state index contributed by atoms with van der Waals surface area (Å²) in [6.45, 7) is 10.6. The molecule has 1 rings (SSSR count). The smallest absolute Gasteiger partial charge is 0.126 e. The lowest BCUT2D eigenvalue weighted by molar-refractivity contribution is 0.587. The zero-order chi connectivity index (χ0) is 11.5. The van der Waals surface area contributed by atoms with Gasteiger partial charge in [-0.05, 0) is 17.0 Å². The standard InChI is InChI=1S/C12H17ClN2/c1-9(13)7-14-11-6-5-10(8-15-11)12(2,3)4/h5-6,8H,1,7H2,2-4H3,(H,14,15). The normalized spacial score (nSPS) is 11.2. The largest absolute Gasteiger partial charge is 0.365 e. The average Bonchev–Trinajstić information content (AvgIpc) is 2.14. The third-order valence-electron chi connectivity index (χ3n) is 2.09. The van der Waals surface area contributed by atoms with E-state index in [0.717, 1.165) is 5.82 Å². The molecular formula is C12H17ClN2. The molecule has 15 heavy (non-hydrogen) atoms. The highest BCUT2D eigenvalue weighted by Gasteiger charge is 2.13. The fraction of sp³-hybridized carbons (Fsp3) is 0.417. The third kappa shape index (κ3) is 3.92. The predicted molar refractivity (Wildman–Crippen MR) is 66.4 cm³/mol. The lowest BCUT2D eigenvalue weighted by Gasteiger charge is -2.18. The van der Waals surface area contributed by atoms with Crippen LogP contribution in [0, 0.1) is 0 Å². The molecule has 0 atom stereocenters. The summed E-state index contributed by atoms with van der Waals surface area (Å²) in [5.74, 6) is 0.824. The van der Waals surface area contributed by atoms with E-state index in [-0.39, 0.29) is 5.41 Å². The minimum atomic E-state index is 0.140. The fourth-order valence-electron chi connectivity index (χ4n) is 1.13. The van der Waals surface area contributed by atoms with E-state index in [1.165, 1.54) is 5.56 Å². The number of rotatable bonds is 3. The van der Waals surface area contributed by atoms with Gasteiger partial charge >= 0.3 is 0 Å². The Balaban J connectivity index is 2.69.